The number of non-ortho nitro benzene ring substituents is 1. The Hall–Kier alpha value is -2.87. The van der Waals surface area contributed by atoms with Crippen molar-refractivity contribution in [1.29, 1.82) is 0 Å². The van der Waals surface area contributed by atoms with Gasteiger partial charge in [0, 0.05) is 54.5 Å². The van der Waals surface area contributed by atoms with Gasteiger partial charge in [-0.2, -0.15) is 0 Å². The first-order chi connectivity index (χ1) is 14.0. The number of allylic oxidation sites excluding steroid dienone is 2. The Balaban J connectivity index is 1.82. The maximum Gasteiger partial charge on any atom is 0.269 e. The van der Waals surface area contributed by atoms with Gasteiger partial charge in [0.1, 0.15) is 0 Å². The highest BCUT2D eigenvalue weighted by Gasteiger charge is 2.44. The van der Waals surface area contributed by atoms with Crippen molar-refractivity contribution in [3.05, 3.63) is 51.2 Å². The summed E-state index contributed by atoms with van der Waals surface area (Å²) in [4.78, 5) is 43.6. The van der Waals surface area contributed by atoms with Crippen LogP contribution in [0.3, 0.4) is 0 Å². The number of benzene rings is 1. The van der Waals surface area contributed by atoms with E-state index in [4.69, 9.17) is 4.74 Å². The Bertz CT molecular complexity index is 930. The minimum atomic E-state index is -0.643. The minimum Gasteiger partial charge on any atom is -0.378 e. The lowest BCUT2D eigenvalue weighted by Gasteiger charge is -2.38. The van der Waals surface area contributed by atoms with Crippen LogP contribution in [0.1, 0.15) is 37.7 Å². The average molecular weight is 397 g/mol. The van der Waals surface area contributed by atoms with Gasteiger partial charge in [0.05, 0.1) is 24.1 Å². The number of morpholine rings is 1. The number of ketones is 1. The summed E-state index contributed by atoms with van der Waals surface area (Å²) >= 11 is 0. The number of nitro groups is 1. The average Bonchev–Trinajstić information content (AvgIpc) is 2.73. The fourth-order valence-corrected chi connectivity index (χ4v) is 4.50. The number of nitro benzene ring substituents is 1. The van der Waals surface area contributed by atoms with E-state index in [0.717, 1.165) is 12.1 Å². The van der Waals surface area contributed by atoms with Gasteiger partial charge in [0.2, 0.25) is 5.91 Å². The molecule has 0 aromatic heterocycles. The van der Waals surface area contributed by atoms with E-state index in [-0.39, 0.29) is 17.4 Å². The molecule has 8 heteroatoms. The van der Waals surface area contributed by atoms with Gasteiger partial charge in [-0.1, -0.05) is 12.1 Å². The molecule has 1 aliphatic carbocycles. The SMILES string of the molecule is CC1=NC2=C(C(=O)CCC2)[C@H](c2cccc([N+](=O)[O-])c2)C1C(=O)N1CCOCC1. The second-order valence-corrected chi connectivity index (χ2v) is 7.64. The Labute approximate surface area is 168 Å². The van der Waals surface area contributed by atoms with Crippen LogP contribution >= 0.6 is 0 Å². The van der Waals surface area contributed by atoms with E-state index in [1.54, 1.807) is 17.0 Å². The molecule has 1 aromatic carbocycles. The van der Waals surface area contributed by atoms with Crippen LogP contribution in [0.4, 0.5) is 5.69 Å². The zero-order valence-corrected chi connectivity index (χ0v) is 16.3. The third kappa shape index (κ3) is 3.60. The molecule has 2 heterocycles. The summed E-state index contributed by atoms with van der Waals surface area (Å²) in [5.74, 6) is -1.31. The molecule has 152 valence electrons. The second kappa shape index (κ2) is 7.87. The first kappa shape index (κ1) is 19.4. The van der Waals surface area contributed by atoms with Crippen molar-refractivity contribution in [2.45, 2.75) is 32.1 Å². The summed E-state index contributed by atoms with van der Waals surface area (Å²) in [6.45, 7) is 3.75. The number of hydrogen-bond donors (Lipinski definition) is 0. The molecule has 3 aliphatic rings. The standard InChI is InChI=1S/C21H23N3O5/c1-13-18(21(26)23-8-10-29-11-9-23)19(14-4-2-5-15(12-14)24(27)28)20-16(22-13)6-3-7-17(20)25/h2,4-5,12,18-19H,3,6-11H2,1H3/t18?,19-/m1/s1. The van der Waals surface area contributed by atoms with Crippen molar-refractivity contribution < 1.29 is 19.2 Å². The summed E-state index contributed by atoms with van der Waals surface area (Å²) < 4.78 is 5.36. The summed E-state index contributed by atoms with van der Waals surface area (Å²) in [6, 6.07) is 6.28. The number of carbonyl (C=O) groups excluding carboxylic acids is 2. The maximum absolute atomic E-state index is 13.5. The van der Waals surface area contributed by atoms with Crippen LogP contribution in [0.25, 0.3) is 0 Å². The molecule has 1 fully saturated rings. The van der Waals surface area contributed by atoms with E-state index in [1.165, 1.54) is 12.1 Å². The molecule has 1 saturated heterocycles. The van der Waals surface area contributed by atoms with Gasteiger partial charge in [-0.15, -0.1) is 0 Å². The Kier molecular flexibility index (Phi) is 5.27. The maximum atomic E-state index is 13.5. The number of aliphatic imine (C=N–C) groups is 1. The lowest BCUT2D eigenvalue weighted by atomic mass is 9.71. The summed E-state index contributed by atoms with van der Waals surface area (Å²) in [5.41, 5.74) is 2.50. The van der Waals surface area contributed by atoms with Crippen molar-refractivity contribution in [2.24, 2.45) is 10.9 Å². The van der Waals surface area contributed by atoms with Crippen LogP contribution in [0.2, 0.25) is 0 Å². The Morgan fingerprint density at radius 3 is 2.76 bits per heavy atom. The molecule has 0 N–H and O–H groups in total. The van der Waals surface area contributed by atoms with Crippen molar-refractivity contribution >= 4 is 23.1 Å². The molecule has 0 radical (unpaired) electrons. The number of amides is 1. The summed E-state index contributed by atoms with van der Waals surface area (Å²) in [7, 11) is 0. The van der Waals surface area contributed by atoms with E-state index < -0.39 is 16.8 Å². The zero-order valence-electron chi connectivity index (χ0n) is 16.3. The predicted molar refractivity (Wildman–Crippen MR) is 106 cm³/mol. The van der Waals surface area contributed by atoms with E-state index >= 15 is 0 Å². The molecular formula is C21H23N3O5. The van der Waals surface area contributed by atoms with Gasteiger partial charge >= 0.3 is 0 Å². The van der Waals surface area contributed by atoms with Gasteiger partial charge in [-0.3, -0.25) is 24.7 Å². The van der Waals surface area contributed by atoms with Gasteiger partial charge in [0.25, 0.3) is 5.69 Å². The van der Waals surface area contributed by atoms with Crippen LogP contribution in [-0.4, -0.2) is 53.5 Å². The third-order valence-electron chi connectivity index (χ3n) is 5.86. The normalized spacial score (nSPS) is 24.8. The highest BCUT2D eigenvalue weighted by molar-refractivity contribution is 6.10. The number of carbonyl (C=O) groups is 2. The van der Waals surface area contributed by atoms with Crippen molar-refractivity contribution in [3.8, 4) is 0 Å². The van der Waals surface area contributed by atoms with Crippen LogP contribution in [0.5, 0.6) is 0 Å². The number of Topliss-reactive ketones (excluding diaryl/α,β-unsaturated/α-hetero) is 1. The highest BCUT2D eigenvalue weighted by atomic mass is 16.6. The molecule has 1 aromatic rings. The van der Waals surface area contributed by atoms with E-state index in [9.17, 15) is 19.7 Å². The smallest absolute Gasteiger partial charge is 0.269 e. The molecule has 0 saturated carbocycles. The molecule has 2 aliphatic heterocycles. The number of rotatable bonds is 3. The first-order valence-electron chi connectivity index (χ1n) is 9.89. The largest absolute Gasteiger partial charge is 0.378 e. The number of ether oxygens (including phenoxy) is 1. The van der Waals surface area contributed by atoms with E-state index in [0.29, 0.717) is 56.0 Å². The molecule has 1 amide bonds. The number of hydrogen-bond acceptors (Lipinski definition) is 6. The Morgan fingerprint density at radius 1 is 1.28 bits per heavy atom. The molecular weight excluding hydrogens is 374 g/mol. The molecule has 4 rings (SSSR count). The Morgan fingerprint density at radius 2 is 2.03 bits per heavy atom. The van der Waals surface area contributed by atoms with Crippen LogP contribution < -0.4 is 0 Å². The van der Waals surface area contributed by atoms with Gasteiger partial charge in [-0.05, 0) is 25.3 Å². The quantitative estimate of drug-likeness (QED) is 0.576. The second-order valence-electron chi connectivity index (χ2n) is 7.64. The topological polar surface area (TPSA) is 102 Å². The summed E-state index contributed by atoms with van der Waals surface area (Å²) in [5, 5.41) is 11.3. The van der Waals surface area contributed by atoms with Gasteiger partial charge in [0.15, 0.2) is 5.78 Å². The third-order valence-corrected chi connectivity index (χ3v) is 5.86. The minimum absolute atomic E-state index is 0.0150. The predicted octanol–water partition coefficient (Wildman–Crippen LogP) is 2.64. The van der Waals surface area contributed by atoms with Crippen molar-refractivity contribution in [1.82, 2.24) is 4.90 Å². The number of nitrogens with zero attached hydrogens (tertiary/aromatic N) is 3. The molecule has 1 unspecified atom stereocenters. The van der Waals surface area contributed by atoms with E-state index in [2.05, 4.69) is 4.99 Å². The lowest BCUT2D eigenvalue weighted by molar-refractivity contribution is -0.384. The fourth-order valence-electron chi connectivity index (χ4n) is 4.50. The van der Waals surface area contributed by atoms with Crippen LogP contribution in [-0.2, 0) is 14.3 Å². The highest BCUT2D eigenvalue weighted by Crippen LogP contribution is 2.44. The van der Waals surface area contributed by atoms with Crippen molar-refractivity contribution in [3.63, 3.8) is 0 Å². The van der Waals surface area contributed by atoms with E-state index in [1.807, 2.05) is 6.92 Å². The molecule has 29 heavy (non-hydrogen) atoms. The molecule has 2 atom stereocenters. The summed E-state index contributed by atoms with van der Waals surface area (Å²) in [6.07, 6.45) is 1.83. The first-order valence-corrected chi connectivity index (χ1v) is 9.89. The monoisotopic (exact) mass is 397 g/mol. The van der Waals surface area contributed by atoms with Crippen LogP contribution in [0, 0.1) is 16.0 Å². The molecule has 0 spiro atoms. The van der Waals surface area contributed by atoms with Crippen molar-refractivity contribution in [2.75, 3.05) is 26.3 Å². The van der Waals surface area contributed by atoms with Gasteiger partial charge in [-0.25, -0.2) is 0 Å². The van der Waals surface area contributed by atoms with Crippen LogP contribution in [0.15, 0.2) is 40.5 Å². The molecule has 0 bridgehead atoms. The molecule has 8 nitrogen and oxygen atoms in total. The fraction of sp³-hybridized carbons (Fsp3) is 0.476. The zero-order chi connectivity index (χ0) is 20.5. The lowest BCUT2D eigenvalue weighted by Crippen LogP contribution is -2.48. The van der Waals surface area contributed by atoms with Gasteiger partial charge < -0.3 is 9.64 Å².